The monoisotopic (exact) mass is 426 g/mol. The molecule has 0 unspecified atom stereocenters. The van der Waals surface area contributed by atoms with Crippen molar-refractivity contribution < 1.29 is 28.5 Å². The first-order valence-electron chi connectivity index (χ1n) is 9.84. The number of methoxy groups -OCH3 is 2. The van der Waals surface area contributed by atoms with Crippen LogP contribution in [0.25, 0.3) is 0 Å². The van der Waals surface area contributed by atoms with Gasteiger partial charge in [0.15, 0.2) is 11.5 Å². The number of likely N-dealkylation sites (N-methyl/N-ethyl adjacent to an activating group) is 1. The largest absolute Gasteiger partial charge is 0.496 e. The highest BCUT2D eigenvalue weighted by Gasteiger charge is 2.38. The quantitative estimate of drug-likeness (QED) is 0.652. The van der Waals surface area contributed by atoms with Gasteiger partial charge in [-0.25, -0.2) is 9.59 Å². The summed E-state index contributed by atoms with van der Waals surface area (Å²) in [6.45, 7) is 1.88. The van der Waals surface area contributed by atoms with Gasteiger partial charge in [-0.3, -0.25) is 4.90 Å². The zero-order chi connectivity index (χ0) is 22.4. The number of amides is 2. The molecule has 0 saturated heterocycles. The molecule has 1 N–H and O–H groups in total. The first-order chi connectivity index (χ1) is 15.0. The van der Waals surface area contributed by atoms with Crippen molar-refractivity contribution in [2.24, 2.45) is 0 Å². The summed E-state index contributed by atoms with van der Waals surface area (Å²) in [4.78, 5) is 27.1. The van der Waals surface area contributed by atoms with Crippen molar-refractivity contribution in [2.45, 2.75) is 13.0 Å². The van der Waals surface area contributed by atoms with Gasteiger partial charge in [0.1, 0.15) is 12.4 Å². The summed E-state index contributed by atoms with van der Waals surface area (Å²) in [5.74, 6) is 1.05. The molecule has 164 valence electrons. The van der Waals surface area contributed by atoms with Crippen molar-refractivity contribution in [1.82, 2.24) is 10.2 Å². The van der Waals surface area contributed by atoms with Gasteiger partial charge in [-0.15, -0.1) is 0 Å². The molecule has 8 nitrogen and oxygen atoms in total. The topological polar surface area (TPSA) is 86.3 Å². The number of rotatable bonds is 8. The number of hydrogen-bond donors (Lipinski definition) is 1. The lowest BCUT2D eigenvalue weighted by Gasteiger charge is -2.35. The lowest BCUT2D eigenvalue weighted by atomic mass is 9.94. The highest BCUT2D eigenvalue weighted by atomic mass is 16.5. The lowest BCUT2D eigenvalue weighted by Crippen LogP contribution is -2.48. The summed E-state index contributed by atoms with van der Waals surface area (Å²) >= 11 is 0. The van der Waals surface area contributed by atoms with E-state index in [9.17, 15) is 9.59 Å². The van der Waals surface area contributed by atoms with Crippen molar-refractivity contribution >= 4 is 12.0 Å². The second-order valence-corrected chi connectivity index (χ2v) is 6.70. The van der Waals surface area contributed by atoms with Gasteiger partial charge in [0.25, 0.3) is 0 Å². The van der Waals surface area contributed by atoms with Crippen LogP contribution in [0.3, 0.4) is 0 Å². The Morgan fingerprint density at radius 2 is 1.61 bits per heavy atom. The Balaban J connectivity index is 2.08. The van der Waals surface area contributed by atoms with E-state index in [1.807, 2.05) is 24.3 Å². The number of nitrogens with zero attached hydrogens (tertiary/aromatic N) is 1. The molecule has 31 heavy (non-hydrogen) atoms. The highest BCUT2D eigenvalue weighted by Crippen LogP contribution is 2.36. The number of carbonyl (C=O) groups excluding carboxylic acids is 2. The molecule has 3 rings (SSSR count). The number of nitrogens with one attached hydrogen (secondary N) is 1. The maximum Gasteiger partial charge on any atom is 0.338 e. The second-order valence-electron chi connectivity index (χ2n) is 6.70. The van der Waals surface area contributed by atoms with Gasteiger partial charge in [0.05, 0.1) is 38.1 Å². The Morgan fingerprint density at radius 1 is 1.00 bits per heavy atom. The van der Waals surface area contributed by atoms with Crippen LogP contribution in [0.15, 0.2) is 59.8 Å². The smallest absolute Gasteiger partial charge is 0.338 e. The number of hydrogen-bond acceptors (Lipinski definition) is 6. The molecule has 1 aliphatic heterocycles. The van der Waals surface area contributed by atoms with Crippen molar-refractivity contribution in [1.29, 1.82) is 0 Å². The average molecular weight is 426 g/mol. The maximum absolute atomic E-state index is 13.0. The first-order valence-corrected chi connectivity index (χ1v) is 9.84. The molecule has 1 aliphatic rings. The summed E-state index contributed by atoms with van der Waals surface area (Å²) in [5.41, 5.74) is 1.32. The van der Waals surface area contributed by atoms with E-state index >= 15 is 0 Å². The van der Waals surface area contributed by atoms with Crippen LogP contribution in [0.1, 0.15) is 18.5 Å². The zero-order valence-electron chi connectivity index (χ0n) is 18.0. The maximum atomic E-state index is 13.0. The van der Waals surface area contributed by atoms with Crippen molar-refractivity contribution in [3.05, 3.63) is 65.4 Å². The summed E-state index contributed by atoms with van der Waals surface area (Å²) < 4.78 is 22.0. The Kier molecular flexibility index (Phi) is 7.02. The molecule has 8 heteroatoms. The molecule has 2 amide bonds. The first kappa shape index (κ1) is 22.0. The van der Waals surface area contributed by atoms with E-state index in [4.69, 9.17) is 18.9 Å². The van der Waals surface area contributed by atoms with E-state index in [2.05, 4.69) is 5.32 Å². The molecule has 2 aromatic rings. The second kappa shape index (κ2) is 9.88. The summed E-state index contributed by atoms with van der Waals surface area (Å²) in [7, 11) is 4.66. The molecule has 0 aromatic heterocycles. The lowest BCUT2D eigenvalue weighted by molar-refractivity contribution is -0.139. The van der Waals surface area contributed by atoms with E-state index in [1.165, 1.54) is 12.0 Å². The van der Waals surface area contributed by atoms with E-state index in [0.29, 0.717) is 28.5 Å². The number of urea groups is 1. The fourth-order valence-corrected chi connectivity index (χ4v) is 3.40. The van der Waals surface area contributed by atoms with Crippen molar-refractivity contribution in [2.75, 3.05) is 34.5 Å². The number of carbonyl (C=O) groups is 2. The Bertz CT molecular complexity index is 988. The van der Waals surface area contributed by atoms with E-state index in [1.54, 1.807) is 45.3 Å². The van der Waals surface area contributed by atoms with Crippen molar-refractivity contribution in [3.63, 3.8) is 0 Å². The van der Waals surface area contributed by atoms with Gasteiger partial charge in [0.2, 0.25) is 0 Å². The third-order valence-electron chi connectivity index (χ3n) is 4.96. The number of ether oxygens (including phenoxy) is 4. The Morgan fingerprint density at radius 3 is 2.26 bits per heavy atom. The SMILES string of the molecule is CCOC(=O)C1=C(COc2ccccc2OC)N(C)C(=O)N[C@@H]1c1ccccc1OC. The van der Waals surface area contributed by atoms with Crippen LogP contribution in [0.2, 0.25) is 0 Å². The van der Waals surface area contributed by atoms with Gasteiger partial charge in [0, 0.05) is 12.6 Å². The van der Waals surface area contributed by atoms with Crippen LogP contribution in [0, 0.1) is 0 Å². The minimum Gasteiger partial charge on any atom is -0.496 e. The van der Waals surface area contributed by atoms with Gasteiger partial charge in [-0.1, -0.05) is 30.3 Å². The molecular formula is C23H26N2O6. The fourth-order valence-electron chi connectivity index (χ4n) is 3.40. The molecule has 1 atom stereocenters. The fraction of sp³-hybridized carbons (Fsp3) is 0.304. The minimum atomic E-state index is -0.754. The van der Waals surface area contributed by atoms with Gasteiger partial charge < -0.3 is 24.3 Å². The summed E-state index contributed by atoms with van der Waals surface area (Å²) in [6, 6.07) is 13.2. The van der Waals surface area contributed by atoms with Crippen LogP contribution in [-0.2, 0) is 9.53 Å². The molecule has 0 radical (unpaired) electrons. The molecule has 1 heterocycles. The molecule has 0 fully saturated rings. The van der Waals surface area contributed by atoms with Gasteiger partial charge in [-0.05, 0) is 25.1 Å². The third-order valence-corrected chi connectivity index (χ3v) is 4.96. The minimum absolute atomic E-state index is 0.0376. The number of esters is 1. The molecule has 0 aliphatic carbocycles. The Hall–Kier alpha value is -3.68. The molecule has 0 saturated carbocycles. The number of para-hydroxylation sites is 3. The summed E-state index contributed by atoms with van der Waals surface area (Å²) in [5, 5.41) is 2.87. The van der Waals surface area contributed by atoms with Crippen LogP contribution in [0.5, 0.6) is 17.2 Å². The van der Waals surface area contributed by atoms with Crippen LogP contribution in [-0.4, -0.2) is 51.4 Å². The van der Waals surface area contributed by atoms with Crippen LogP contribution >= 0.6 is 0 Å². The standard InChI is InChI=1S/C23H26N2O6/c1-5-30-22(26)20-16(14-31-19-13-9-8-12-18(19)29-4)25(2)23(27)24-21(20)15-10-6-7-11-17(15)28-3/h6-13,21H,5,14H2,1-4H3,(H,24,27)/t21-/m1/s1. The number of benzene rings is 2. The normalized spacial score (nSPS) is 15.9. The van der Waals surface area contributed by atoms with E-state index in [-0.39, 0.29) is 24.8 Å². The third kappa shape index (κ3) is 4.58. The van der Waals surface area contributed by atoms with Gasteiger partial charge >= 0.3 is 12.0 Å². The molecule has 0 bridgehead atoms. The highest BCUT2D eigenvalue weighted by molar-refractivity contribution is 5.95. The average Bonchev–Trinajstić information content (AvgIpc) is 2.79. The molecular weight excluding hydrogens is 400 g/mol. The van der Waals surface area contributed by atoms with E-state index in [0.717, 1.165) is 0 Å². The predicted octanol–water partition coefficient (Wildman–Crippen LogP) is 3.30. The van der Waals surface area contributed by atoms with Crippen LogP contribution in [0.4, 0.5) is 4.79 Å². The van der Waals surface area contributed by atoms with Gasteiger partial charge in [-0.2, -0.15) is 0 Å². The zero-order valence-corrected chi connectivity index (χ0v) is 18.0. The molecule has 0 spiro atoms. The predicted molar refractivity (Wildman–Crippen MR) is 114 cm³/mol. The van der Waals surface area contributed by atoms with Crippen molar-refractivity contribution in [3.8, 4) is 17.2 Å². The molecule has 2 aromatic carbocycles. The summed E-state index contributed by atoms with van der Waals surface area (Å²) in [6.07, 6.45) is 0. The van der Waals surface area contributed by atoms with E-state index < -0.39 is 12.0 Å². The Labute approximate surface area is 181 Å². The van der Waals surface area contributed by atoms with Crippen LogP contribution < -0.4 is 19.5 Å².